The molecule has 2 heteroatoms. The molecule has 0 amide bonds. The van der Waals surface area contributed by atoms with Gasteiger partial charge in [-0.1, -0.05) is 39.5 Å². The van der Waals surface area contributed by atoms with Gasteiger partial charge in [-0.3, -0.25) is 4.79 Å². The quantitative estimate of drug-likeness (QED) is 0.324. The molecule has 0 saturated carbocycles. The second-order valence-corrected chi connectivity index (χ2v) is 4.05. The highest BCUT2D eigenvalue weighted by atomic mass is 16.1. The summed E-state index contributed by atoms with van der Waals surface area (Å²) in [6, 6.07) is 0. The number of hydrogen-bond acceptors (Lipinski definition) is 2. The van der Waals surface area contributed by atoms with Crippen LogP contribution in [0.15, 0.2) is 0 Å². The fraction of sp³-hybridized carbons (Fsp3) is 0.833. The van der Waals surface area contributed by atoms with Gasteiger partial charge in [0.2, 0.25) is 0 Å². The molecule has 0 rings (SSSR count). The van der Waals surface area contributed by atoms with Gasteiger partial charge in [-0.25, -0.2) is 0 Å². The molecule has 0 radical (unpaired) electrons. The minimum Gasteiger partial charge on any atom is -0.303 e. The zero-order chi connectivity index (χ0) is 10.8. The molecular weight excluding hydrogens is 176 g/mol. The molecule has 0 heterocycles. The van der Waals surface area contributed by atoms with Crippen molar-refractivity contribution in [2.45, 2.75) is 58.8 Å². The van der Waals surface area contributed by atoms with Crippen molar-refractivity contribution >= 4 is 12.1 Å². The largest absolute Gasteiger partial charge is 0.303 e. The highest BCUT2D eigenvalue weighted by molar-refractivity contribution is 5.89. The third kappa shape index (κ3) is 7.96. The molecule has 0 aliphatic carbocycles. The Morgan fingerprint density at radius 2 is 2.00 bits per heavy atom. The summed E-state index contributed by atoms with van der Waals surface area (Å²) in [6.07, 6.45) is 7.32. The lowest BCUT2D eigenvalue weighted by Gasteiger charge is -2.09. The standard InChI is InChI=1S/C12H22O2/c1-3-4-5-6-11(2)7-8-12(14)9-10-13/h10-11H,3-9H2,1-2H3. The number of carbonyl (C=O) groups is 2. The molecule has 0 aliphatic heterocycles. The van der Waals surface area contributed by atoms with Gasteiger partial charge in [0.25, 0.3) is 0 Å². The molecule has 0 fully saturated rings. The van der Waals surface area contributed by atoms with Gasteiger partial charge < -0.3 is 4.79 Å². The molecule has 0 aromatic carbocycles. The van der Waals surface area contributed by atoms with E-state index in [-0.39, 0.29) is 12.2 Å². The van der Waals surface area contributed by atoms with E-state index in [4.69, 9.17) is 0 Å². The molecule has 2 nitrogen and oxygen atoms in total. The van der Waals surface area contributed by atoms with Crippen molar-refractivity contribution in [1.82, 2.24) is 0 Å². The predicted octanol–water partition coefficient (Wildman–Crippen LogP) is 3.14. The average Bonchev–Trinajstić information content (AvgIpc) is 2.16. The third-order valence-corrected chi connectivity index (χ3v) is 2.53. The maximum atomic E-state index is 11.0. The summed E-state index contributed by atoms with van der Waals surface area (Å²) in [6.45, 7) is 4.38. The Morgan fingerprint density at radius 1 is 1.29 bits per heavy atom. The number of unbranched alkanes of at least 4 members (excludes halogenated alkanes) is 2. The second kappa shape index (κ2) is 8.92. The summed E-state index contributed by atoms with van der Waals surface area (Å²) in [5.41, 5.74) is 0. The van der Waals surface area contributed by atoms with E-state index >= 15 is 0 Å². The maximum Gasteiger partial charge on any atom is 0.139 e. The van der Waals surface area contributed by atoms with Crippen molar-refractivity contribution < 1.29 is 9.59 Å². The first-order valence-electron chi connectivity index (χ1n) is 5.66. The topological polar surface area (TPSA) is 34.1 Å². The normalized spacial score (nSPS) is 12.4. The fourth-order valence-corrected chi connectivity index (χ4v) is 1.49. The Balaban J connectivity index is 3.38. The number of Topliss-reactive ketones (excluding diaryl/α,β-unsaturated/α-hetero) is 1. The zero-order valence-electron chi connectivity index (χ0n) is 9.42. The third-order valence-electron chi connectivity index (χ3n) is 2.53. The molecular formula is C12H22O2. The molecule has 0 bridgehead atoms. The molecule has 0 N–H and O–H groups in total. The summed E-state index contributed by atoms with van der Waals surface area (Å²) in [7, 11) is 0. The number of ketones is 1. The SMILES string of the molecule is CCCCCC(C)CCC(=O)CC=O. The van der Waals surface area contributed by atoms with Crippen LogP contribution in [-0.2, 0) is 9.59 Å². The monoisotopic (exact) mass is 198 g/mol. The van der Waals surface area contributed by atoms with E-state index in [1.807, 2.05) is 0 Å². The van der Waals surface area contributed by atoms with Gasteiger partial charge in [-0.2, -0.15) is 0 Å². The van der Waals surface area contributed by atoms with Crippen LogP contribution in [0, 0.1) is 5.92 Å². The van der Waals surface area contributed by atoms with Gasteiger partial charge in [0.05, 0.1) is 6.42 Å². The van der Waals surface area contributed by atoms with Crippen LogP contribution in [0.25, 0.3) is 0 Å². The number of aldehydes is 1. The van der Waals surface area contributed by atoms with Gasteiger partial charge in [-0.15, -0.1) is 0 Å². The van der Waals surface area contributed by atoms with Crippen LogP contribution < -0.4 is 0 Å². The smallest absolute Gasteiger partial charge is 0.139 e. The van der Waals surface area contributed by atoms with Gasteiger partial charge in [0.15, 0.2) is 0 Å². The number of carbonyl (C=O) groups excluding carboxylic acids is 2. The highest BCUT2D eigenvalue weighted by Crippen LogP contribution is 2.15. The minimum atomic E-state index is 0.0855. The zero-order valence-corrected chi connectivity index (χ0v) is 9.42. The van der Waals surface area contributed by atoms with Crippen LogP contribution in [-0.4, -0.2) is 12.1 Å². The molecule has 14 heavy (non-hydrogen) atoms. The average molecular weight is 198 g/mol. The molecule has 1 unspecified atom stereocenters. The summed E-state index contributed by atoms with van der Waals surface area (Å²) in [5.74, 6) is 0.708. The Hall–Kier alpha value is -0.660. The lowest BCUT2D eigenvalue weighted by Crippen LogP contribution is -2.02. The Bertz CT molecular complexity index is 164. The Kier molecular flexibility index (Phi) is 8.50. The van der Waals surface area contributed by atoms with E-state index in [9.17, 15) is 9.59 Å². The van der Waals surface area contributed by atoms with Crippen LogP contribution in [0.3, 0.4) is 0 Å². The molecule has 82 valence electrons. The second-order valence-electron chi connectivity index (χ2n) is 4.05. The van der Waals surface area contributed by atoms with E-state index in [2.05, 4.69) is 13.8 Å². The molecule has 0 spiro atoms. The van der Waals surface area contributed by atoms with E-state index in [0.29, 0.717) is 18.6 Å². The molecule has 0 saturated heterocycles. The van der Waals surface area contributed by atoms with E-state index in [1.165, 1.54) is 25.7 Å². The van der Waals surface area contributed by atoms with Crippen LogP contribution in [0.4, 0.5) is 0 Å². The Morgan fingerprint density at radius 3 is 2.57 bits per heavy atom. The minimum absolute atomic E-state index is 0.0855. The van der Waals surface area contributed by atoms with Crippen molar-refractivity contribution in [2.75, 3.05) is 0 Å². The van der Waals surface area contributed by atoms with Crippen LogP contribution in [0.5, 0.6) is 0 Å². The first-order valence-corrected chi connectivity index (χ1v) is 5.66. The maximum absolute atomic E-state index is 11.0. The van der Waals surface area contributed by atoms with Crippen molar-refractivity contribution in [3.63, 3.8) is 0 Å². The number of hydrogen-bond donors (Lipinski definition) is 0. The molecule has 0 aromatic rings. The molecule has 0 aromatic heterocycles. The number of rotatable bonds is 9. The lowest BCUT2D eigenvalue weighted by atomic mass is 9.97. The summed E-state index contributed by atoms with van der Waals surface area (Å²) in [4.78, 5) is 21.1. The highest BCUT2D eigenvalue weighted by Gasteiger charge is 2.05. The van der Waals surface area contributed by atoms with E-state index in [1.54, 1.807) is 0 Å². The van der Waals surface area contributed by atoms with Gasteiger partial charge >= 0.3 is 0 Å². The van der Waals surface area contributed by atoms with E-state index < -0.39 is 0 Å². The fourth-order valence-electron chi connectivity index (χ4n) is 1.49. The first-order chi connectivity index (χ1) is 6.70. The Labute approximate surface area is 87.1 Å². The van der Waals surface area contributed by atoms with Gasteiger partial charge in [0, 0.05) is 6.42 Å². The summed E-state index contributed by atoms with van der Waals surface area (Å²) < 4.78 is 0. The summed E-state index contributed by atoms with van der Waals surface area (Å²) >= 11 is 0. The summed E-state index contributed by atoms with van der Waals surface area (Å²) in [5, 5.41) is 0. The van der Waals surface area contributed by atoms with E-state index in [0.717, 1.165) is 6.42 Å². The predicted molar refractivity (Wildman–Crippen MR) is 58.2 cm³/mol. The molecule has 0 aliphatic rings. The van der Waals surface area contributed by atoms with Crippen molar-refractivity contribution in [1.29, 1.82) is 0 Å². The van der Waals surface area contributed by atoms with Crippen LogP contribution in [0.1, 0.15) is 58.8 Å². The lowest BCUT2D eigenvalue weighted by molar-refractivity contribution is -0.122. The van der Waals surface area contributed by atoms with Crippen molar-refractivity contribution in [2.24, 2.45) is 5.92 Å². The van der Waals surface area contributed by atoms with Crippen molar-refractivity contribution in [3.05, 3.63) is 0 Å². The molecule has 1 atom stereocenters. The first kappa shape index (κ1) is 13.3. The van der Waals surface area contributed by atoms with Gasteiger partial charge in [0.1, 0.15) is 12.1 Å². The van der Waals surface area contributed by atoms with Crippen LogP contribution in [0.2, 0.25) is 0 Å². The van der Waals surface area contributed by atoms with Crippen molar-refractivity contribution in [3.8, 4) is 0 Å². The van der Waals surface area contributed by atoms with Gasteiger partial charge in [-0.05, 0) is 12.3 Å². The van der Waals surface area contributed by atoms with Crippen LogP contribution >= 0.6 is 0 Å².